The third kappa shape index (κ3) is 5.99. The molecule has 0 radical (unpaired) electrons. The molecular formula is C24H29Cl2N7O2. The van der Waals surface area contributed by atoms with Gasteiger partial charge in [0.15, 0.2) is 0 Å². The molecule has 1 aliphatic rings. The number of hydrogen-bond acceptors (Lipinski definition) is 9. The number of halogens is 2. The Kier molecular flexibility index (Phi) is 8.02. The molecule has 0 spiro atoms. The summed E-state index contributed by atoms with van der Waals surface area (Å²) >= 11 is 12.6. The van der Waals surface area contributed by atoms with Gasteiger partial charge in [-0.05, 0) is 43.4 Å². The van der Waals surface area contributed by atoms with Crippen molar-refractivity contribution in [2.75, 3.05) is 67.8 Å². The van der Waals surface area contributed by atoms with Gasteiger partial charge in [0.1, 0.15) is 28.7 Å². The van der Waals surface area contributed by atoms with Gasteiger partial charge in [-0.15, -0.1) is 0 Å². The summed E-state index contributed by atoms with van der Waals surface area (Å²) in [4.78, 5) is 14.8. The lowest BCUT2D eigenvalue weighted by Gasteiger charge is -2.34. The molecule has 1 atom stereocenters. The van der Waals surface area contributed by atoms with Crippen LogP contribution >= 0.6 is 23.2 Å². The van der Waals surface area contributed by atoms with Crippen molar-refractivity contribution in [3.8, 4) is 5.75 Å². The molecule has 4 rings (SSSR count). The third-order valence-electron chi connectivity index (χ3n) is 5.94. The highest BCUT2D eigenvalue weighted by atomic mass is 35.5. The number of aromatic nitrogens is 2. The van der Waals surface area contributed by atoms with Crippen LogP contribution in [0.15, 0.2) is 48.8 Å². The summed E-state index contributed by atoms with van der Waals surface area (Å²) in [7, 11) is 5.35. The van der Waals surface area contributed by atoms with E-state index < -0.39 is 6.35 Å². The van der Waals surface area contributed by atoms with Crippen LogP contribution in [0.25, 0.3) is 0 Å². The molecule has 0 amide bonds. The van der Waals surface area contributed by atoms with Gasteiger partial charge in [0.2, 0.25) is 6.35 Å². The van der Waals surface area contributed by atoms with Crippen molar-refractivity contribution in [3.63, 3.8) is 0 Å². The minimum Gasteiger partial charge on any atom is -0.495 e. The predicted octanol–water partition coefficient (Wildman–Crippen LogP) is 4.11. The lowest BCUT2D eigenvalue weighted by atomic mass is 10.2. The number of aliphatic hydroxyl groups excluding tert-OH is 1. The minimum absolute atomic E-state index is 0.275. The van der Waals surface area contributed by atoms with Crippen LogP contribution in [-0.2, 0) is 0 Å². The zero-order chi connectivity index (χ0) is 24.9. The number of likely N-dealkylation sites (N-methyl/N-ethyl adjacent to an activating group) is 1. The van der Waals surface area contributed by atoms with Gasteiger partial charge in [-0.1, -0.05) is 23.2 Å². The number of rotatable bonds is 8. The van der Waals surface area contributed by atoms with E-state index in [1.807, 2.05) is 12.1 Å². The summed E-state index contributed by atoms with van der Waals surface area (Å²) in [5.74, 6) is 1.53. The Labute approximate surface area is 215 Å². The van der Waals surface area contributed by atoms with Gasteiger partial charge in [-0.25, -0.2) is 9.97 Å². The lowest BCUT2D eigenvalue weighted by molar-refractivity contribution is 0.203. The first-order valence-corrected chi connectivity index (χ1v) is 11.9. The van der Waals surface area contributed by atoms with Gasteiger partial charge in [0, 0.05) is 50.7 Å². The topological polar surface area (TPSA) is 89.0 Å². The molecule has 3 N–H and O–H groups in total. The number of nitrogens with zero attached hydrogens (tertiary/aromatic N) is 5. The van der Waals surface area contributed by atoms with Crippen LogP contribution in [-0.4, -0.2) is 73.7 Å². The second kappa shape index (κ2) is 11.2. The number of anilines is 5. The van der Waals surface area contributed by atoms with Crippen molar-refractivity contribution in [2.24, 2.45) is 0 Å². The summed E-state index contributed by atoms with van der Waals surface area (Å²) in [5.41, 5.74) is 2.47. The van der Waals surface area contributed by atoms with Crippen LogP contribution in [0.2, 0.25) is 10.0 Å². The average Bonchev–Trinajstić information content (AvgIpc) is 2.87. The Bertz CT molecular complexity index is 1140. The van der Waals surface area contributed by atoms with E-state index in [4.69, 9.17) is 27.9 Å². The van der Waals surface area contributed by atoms with Crippen LogP contribution < -0.4 is 25.2 Å². The number of nitrogens with one attached hydrogen (secondary N) is 2. The van der Waals surface area contributed by atoms with Gasteiger partial charge in [0.05, 0.1) is 17.8 Å². The number of piperazine rings is 1. The lowest BCUT2D eigenvalue weighted by Crippen LogP contribution is -2.44. The van der Waals surface area contributed by atoms with Gasteiger partial charge in [-0.2, -0.15) is 0 Å². The van der Waals surface area contributed by atoms with Crippen molar-refractivity contribution in [1.29, 1.82) is 0 Å². The van der Waals surface area contributed by atoms with Crippen molar-refractivity contribution in [2.45, 2.75) is 6.35 Å². The molecule has 1 fully saturated rings. The van der Waals surface area contributed by atoms with Crippen molar-refractivity contribution < 1.29 is 9.84 Å². The number of ether oxygens (including phenoxy) is 1. The van der Waals surface area contributed by atoms with E-state index in [1.165, 1.54) is 24.0 Å². The fourth-order valence-electron chi connectivity index (χ4n) is 3.75. The molecule has 9 nitrogen and oxygen atoms in total. The Hall–Kier alpha value is -2.98. The molecule has 1 aliphatic heterocycles. The molecule has 186 valence electrons. The predicted molar refractivity (Wildman–Crippen MR) is 143 cm³/mol. The molecule has 0 bridgehead atoms. The summed E-state index contributed by atoms with van der Waals surface area (Å²) in [6, 6.07) is 13.3. The fourth-order valence-corrected chi connectivity index (χ4v) is 4.31. The molecular weight excluding hydrogens is 489 g/mol. The average molecular weight is 518 g/mol. The van der Waals surface area contributed by atoms with E-state index in [1.54, 1.807) is 25.2 Å². The van der Waals surface area contributed by atoms with Gasteiger partial charge in [-0.3, -0.25) is 0 Å². The zero-order valence-electron chi connectivity index (χ0n) is 19.9. The minimum atomic E-state index is -1.16. The van der Waals surface area contributed by atoms with Crippen molar-refractivity contribution in [1.82, 2.24) is 14.9 Å². The smallest absolute Gasteiger partial charge is 0.206 e. The Morgan fingerprint density at radius 2 is 1.77 bits per heavy atom. The van der Waals surface area contributed by atoms with Gasteiger partial charge in [0.25, 0.3) is 0 Å². The molecule has 0 aliphatic carbocycles. The largest absolute Gasteiger partial charge is 0.495 e. The molecule has 1 saturated heterocycles. The Morgan fingerprint density at radius 3 is 2.46 bits per heavy atom. The fraction of sp³-hybridized carbons (Fsp3) is 0.333. The molecule has 11 heteroatoms. The summed E-state index contributed by atoms with van der Waals surface area (Å²) in [6.45, 7) is 4.17. The van der Waals surface area contributed by atoms with Gasteiger partial charge < -0.3 is 35.2 Å². The number of methoxy groups -OCH3 is 1. The van der Waals surface area contributed by atoms with E-state index in [-0.39, 0.29) is 5.02 Å². The first-order valence-electron chi connectivity index (χ1n) is 11.2. The molecule has 1 aromatic heterocycles. The standard InChI is InChI=1S/C24H29Cl2N7O2/c1-31-10-12-33(13-11-31)17-6-4-16(5-7-17)29-20-14-21(28-15-27-20)32(2)24(34)30-23-18(25)8-9-19(35-3)22(23)26/h4-9,14-15,24,30,34H,10-13H2,1-3H3,(H,27,28,29). The number of hydrogen-bond donors (Lipinski definition) is 3. The SMILES string of the molecule is COc1ccc(Cl)c(NC(O)N(C)c2cc(Nc3ccc(N4CCN(C)CC4)cc3)ncn2)c1Cl. The second-order valence-corrected chi connectivity index (χ2v) is 9.08. The highest BCUT2D eigenvalue weighted by Crippen LogP contribution is 2.38. The van der Waals surface area contributed by atoms with Crippen LogP contribution in [0.3, 0.4) is 0 Å². The number of aliphatic hydroxyl groups is 1. The first kappa shape index (κ1) is 25.1. The normalized spacial score (nSPS) is 15.0. The van der Waals surface area contributed by atoms with E-state index in [0.717, 1.165) is 31.9 Å². The summed E-state index contributed by atoms with van der Waals surface area (Å²) in [6.07, 6.45) is 0.271. The zero-order valence-corrected chi connectivity index (χ0v) is 21.4. The van der Waals surface area contributed by atoms with E-state index in [9.17, 15) is 5.11 Å². The van der Waals surface area contributed by atoms with E-state index in [0.29, 0.717) is 28.1 Å². The highest BCUT2D eigenvalue weighted by Gasteiger charge is 2.19. The maximum atomic E-state index is 10.8. The van der Waals surface area contributed by atoms with Crippen LogP contribution in [0.1, 0.15) is 0 Å². The highest BCUT2D eigenvalue weighted by molar-refractivity contribution is 6.40. The van der Waals surface area contributed by atoms with Crippen molar-refractivity contribution in [3.05, 3.63) is 58.8 Å². The molecule has 0 saturated carbocycles. The monoisotopic (exact) mass is 517 g/mol. The summed E-state index contributed by atoms with van der Waals surface area (Å²) < 4.78 is 5.23. The van der Waals surface area contributed by atoms with E-state index >= 15 is 0 Å². The molecule has 2 heterocycles. The Morgan fingerprint density at radius 1 is 1.06 bits per heavy atom. The maximum absolute atomic E-state index is 10.8. The molecule has 1 unspecified atom stereocenters. The van der Waals surface area contributed by atoms with E-state index in [2.05, 4.69) is 49.6 Å². The Balaban J connectivity index is 1.42. The maximum Gasteiger partial charge on any atom is 0.206 e. The first-order chi connectivity index (χ1) is 16.9. The molecule has 2 aromatic carbocycles. The van der Waals surface area contributed by atoms with Crippen LogP contribution in [0.5, 0.6) is 5.75 Å². The van der Waals surface area contributed by atoms with Crippen LogP contribution in [0.4, 0.5) is 28.7 Å². The van der Waals surface area contributed by atoms with Gasteiger partial charge >= 0.3 is 0 Å². The third-order valence-corrected chi connectivity index (χ3v) is 6.63. The van der Waals surface area contributed by atoms with Crippen LogP contribution in [0, 0.1) is 0 Å². The summed E-state index contributed by atoms with van der Waals surface area (Å²) in [5, 5.41) is 17.6. The van der Waals surface area contributed by atoms with Crippen molar-refractivity contribution >= 4 is 51.9 Å². The second-order valence-electron chi connectivity index (χ2n) is 8.29. The quantitative estimate of drug-likeness (QED) is 0.381. The molecule has 35 heavy (non-hydrogen) atoms. The number of benzene rings is 2. The molecule has 3 aromatic rings.